The fourth-order valence-corrected chi connectivity index (χ4v) is 8.80. The summed E-state index contributed by atoms with van der Waals surface area (Å²) in [4.78, 5) is 81.3. The third-order valence-corrected chi connectivity index (χ3v) is 15.0. The van der Waals surface area contributed by atoms with Crippen molar-refractivity contribution in [3.05, 3.63) is 169 Å². The summed E-state index contributed by atoms with van der Waals surface area (Å²) in [5.41, 5.74) is 6.43. The number of ether oxygens (including phenoxy) is 4. The number of halogens is 12. The lowest BCUT2D eigenvalue weighted by atomic mass is 10.0. The molecule has 0 radical (unpaired) electrons. The van der Waals surface area contributed by atoms with Crippen molar-refractivity contribution in [1.82, 2.24) is 10.6 Å². The van der Waals surface area contributed by atoms with Crippen LogP contribution in [0.4, 0.5) is 72.3 Å². The van der Waals surface area contributed by atoms with Crippen molar-refractivity contribution in [2.75, 3.05) is 59.2 Å². The van der Waals surface area contributed by atoms with Crippen molar-refractivity contribution in [3.63, 3.8) is 0 Å². The van der Waals surface area contributed by atoms with E-state index in [0.29, 0.717) is 18.4 Å². The summed E-state index contributed by atoms with van der Waals surface area (Å²) < 4.78 is 127. The van der Waals surface area contributed by atoms with Crippen LogP contribution in [0.25, 0.3) is 11.1 Å². The van der Waals surface area contributed by atoms with Gasteiger partial charge in [-0.3, -0.25) is 29.5 Å². The van der Waals surface area contributed by atoms with Gasteiger partial charge in [0, 0.05) is 43.5 Å². The first-order chi connectivity index (χ1) is 42.0. The summed E-state index contributed by atoms with van der Waals surface area (Å²) in [5.74, 6) is -6.65. The number of carbonyl (C=O) groups excluding carboxylic acids is 7. The number of nitrogens with zero attached hydrogens (tertiary/aromatic N) is 2. The third kappa shape index (κ3) is 24.4. The van der Waals surface area contributed by atoms with E-state index >= 15 is 0 Å². The second kappa shape index (κ2) is 36.3. The maximum atomic E-state index is 14.6. The predicted molar refractivity (Wildman–Crippen MR) is 329 cm³/mol. The first kappa shape index (κ1) is 74.0. The summed E-state index contributed by atoms with van der Waals surface area (Å²) in [6.07, 6.45) is -0.819. The topological polar surface area (TPSA) is 225 Å². The Balaban J connectivity index is 0.000000248. The standard InChI is InChI=1S/C19H18F2N2O3S.C14H10BrF2NO2.C12H11BrF2N2O3.C8H13ClO3.C6H4BrF2N/c1-11(24)22-9-14-10-23(19(25)26-14)13-7-16(20)18(17(21)8-13)12-3-5-15(27-2)6-4-12;15-13-11(16)6-10(7-12(13)17)18-14(19)20-8-9-4-2-1-3-5-9;1-6(18)16-4-8-5-17(12(19)20-8)7-2-9(14)11(13)10(15)3-7;1-6(10)3-4-8(5-9)12-7(2)11;7-6-4(8)1-3(10)2-5(6)9/h3-8,14H,9-10H2,1-2H3,(H,22,24);1-7H,8H2,(H,18,19);2-3,8H,4-5H2,1H3,(H,16,18);8H,3-5H2,1-2H3;1-2H,10H2/t14-;;2*8-;/m0.00./s1. The van der Waals surface area contributed by atoms with Crippen molar-refractivity contribution in [2.45, 2.75) is 70.4 Å². The number of hydrogen-bond acceptors (Lipinski definition) is 13. The van der Waals surface area contributed by atoms with Crippen LogP contribution < -0.4 is 31.5 Å². The van der Waals surface area contributed by atoms with Gasteiger partial charge in [0.1, 0.15) is 77.2 Å². The average molecular weight is 1480 g/mol. The molecule has 6 aromatic rings. The van der Waals surface area contributed by atoms with E-state index in [1.54, 1.807) is 36.4 Å². The Kier molecular flexibility index (Phi) is 30.1. The van der Waals surface area contributed by atoms with Crippen molar-refractivity contribution >= 4 is 136 Å². The molecule has 8 rings (SSSR count). The molecular weight excluding hydrogens is 1430 g/mol. The first-order valence-electron chi connectivity index (χ1n) is 26.0. The minimum absolute atomic E-state index is 0.0127. The number of amides is 5. The molecular formula is C59H56Br3ClF8N6O11S. The number of hydrogen-bond donors (Lipinski definition) is 4. The molecule has 5 amide bonds. The van der Waals surface area contributed by atoms with Gasteiger partial charge in [-0.1, -0.05) is 42.5 Å². The van der Waals surface area contributed by atoms with E-state index in [-0.39, 0.29) is 110 Å². The molecule has 0 unspecified atom stereocenters. The number of rotatable bonds is 16. The highest BCUT2D eigenvalue weighted by molar-refractivity contribution is 9.11. The third-order valence-electron chi connectivity index (χ3n) is 11.7. The molecule has 2 aliphatic rings. The van der Waals surface area contributed by atoms with Gasteiger partial charge in [-0.2, -0.15) is 0 Å². The molecule has 3 atom stereocenters. The predicted octanol–water partition coefficient (Wildman–Crippen LogP) is 14.3. The fourth-order valence-electron chi connectivity index (χ4n) is 7.49. The van der Waals surface area contributed by atoms with E-state index in [4.69, 9.17) is 36.3 Å². The van der Waals surface area contributed by atoms with Crippen molar-refractivity contribution in [1.29, 1.82) is 0 Å². The van der Waals surface area contributed by atoms with Crippen LogP contribution in [0, 0.1) is 46.5 Å². The molecule has 6 aromatic carbocycles. The number of benzene rings is 6. The van der Waals surface area contributed by atoms with Crippen LogP contribution in [-0.4, -0.2) is 98.5 Å². The van der Waals surface area contributed by atoms with Gasteiger partial charge >= 0.3 is 24.2 Å². The van der Waals surface area contributed by atoms with E-state index in [9.17, 15) is 68.7 Å². The number of nitrogen functional groups attached to an aromatic ring is 1. The molecule has 30 heteroatoms. The molecule has 2 heterocycles. The normalized spacial score (nSPS) is 14.1. The summed E-state index contributed by atoms with van der Waals surface area (Å²) in [6, 6.07) is 24.3. The highest BCUT2D eigenvalue weighted by Crippen LogP contribution is 2.34. The van der Waals surface area contributed by atoms with Gasteiger partial charge < -0.3 is 40.1 Å². The number of thioether (sulfide) groups is 1. The van der Waals surface area contributed by atoms with Crippen LogP contribution in [-0.2, 0) is 44.7 Å². The number of nitrogens with one attached hydrogen (secondary N) is 3. The second-order valence-electron chi connectivity index (χ2n) is 18.7. The van der Waals surface area contributed by atoms with E-state index < -0.39 is 77.0 Å². The van der Waals surface area contributed by atoms with Gasteiger partial charge in [0.15, 0.2) is 0 Å². The van der Waals surface area contributed by atoms with Crippen LogP contribution in [0.2, 0.25) is 0 Å². The smallest absolute Gasteiger partial charge is 0.414 e. The van der Waals surface area contributed by atoms with E-state index in [0.717, 1.165) is 68.8 Å². The van der Waals surface area contributed by atoms with Crippen LogP contribution >= 0.6 is 71.2 Å². The van der Waals surface area contributed by atoms with Gasteiger partial charge in [-0.25, -0.2) is 49.5 Å². The number of Topliss-reactive ketones (excluding diaryl/α,β-unsaturated/α-hetero) is 1. The average Bonchev–Trinajstić information content (AvgIpc) is 2.06. The molecule has 89 heavy (non-hydrogen) atoms. The Morgan fingerprint density at radius 3 is 1.48 bits per heavy atom. The van der Waals surface area contributed by atoms with E-state index in [1.807, 2.05) is 24.5 Å². The minimum atomic E-state index is -0.807. The van der Waals surface area contributed by atoms with Gasteiger partial charge in [0.25, 0.3) is 0 Å². The van der Waals surface area contributed by atoms with Gasteiger partial charge in [0.2, 0.25) is 11.8 Å². The Morgan fingerprint density at radius 1 is 0.652 bits per heavy atom. The zero-order valence-electron chi connectivity index (χ0n) is 47.6. The lowest BCUT2D eigenvalue weighted by Gasteiger charge is -2.15. The van der Waals surface area contributed by atoms with Gasteiger partial charge in [-0.05, 0) is 139 Å². The van der Waals surface area contributed by atoms with Crippen LogP contribution in [0.3, 0.4) is 0 Å². The number of alkyl halides is 1. The molecule has 0 bridgehead atoms. The van der Waals surface area contributed by atoms with Crippen molar-refractivity contribution < 1.29 is 87.6 Å². The number of anilines is 4. The zero-order valence-corrected chi connectivity index (χ0v) is 53.9. The van der Waals surface area contributed by atoms with Crippen LogP contribution in [0.5, 0.6) is 0 Å². The summed E-state index contributed by atoms with van der Waals surface area (Å²) in [6.45, 7) is 6.10. The number of carbonyl (C=O) groups is 7. The summed E-state index contributed by atoms with van der Waals surface area (Å²) in [7, 11) is 0. The molecule has 2 aliphatic heterocycles. The molecule has 17 nitrogen and oxygen atoms in total. The molecule has 0 aliphatic carbocycles. The molecule has 2 fully saturated rings. The molecule has 0 aromatic heterocycles. The van der Waals surface area contributed by atoms with Gasteiger partial charge in [-0.15, -0.1) is 23.4 Å². The van der Waals surface area contributed by atoms with Gasteiger partial charge in [0.05, 0.1) is 62.4 Å². The summed E-state index contributed by atoms with van der Waals surface area (Å²) >= 11 is 15.3. The highest BCUT2D eigenvalue weighted by Gasteiger charge is 2.35. The Bertz CT molecular complexity index is 3390. The zero-order chi connectivity index (χ0) is 66.2. The minimum Gasteiger partial charge on any atom is -0.461 e. The van der Waals surface area contributed by atoms with Crippen LogP contribution in [0.1, 0.15) is 46.1 Å². The van der Waals surface area contributed by atoms with Crippen molar-refractivity contribution in [3.8, 4) is 11.1 Å². The van der Waals surface area contributed by atoms with E-state index in [2.05, 4.69) is 63.7 Å². The number of ketones is 1. The second-order valence-corrected chi connectivity index (χ2v) is 22.3. The number of nitrogens with two attached hydrogens (primary N) is 1. The molecule has 2 saturated heterocycles. The van der Waals surface area contributed by atoms with E-state index in [1.165, 1.54) is 39.5 Å². The molecule has 0 saturated carbocycles. The maximum Gasteiger partial charge on any atom is 0.414 e. The SMILES string of the molecule is CC(=O)CC[C@@H](CCl)OC(C)=O.CC(=O)NC[C@H]1CN(c2cc(F)c(Br)c(F)c2)C(=O)O1.CSc1ccc(-c2c(F)cc(N3C[C@H](CNC(C)=O)OC3=O)cc2F)cc1.Nc1cc(F)c(Br)c(F)c1.O=C(Nc1cc(F)c(Br)c(F)c1)OCc1ccccc1. The monoisotopic (exact) mass is 1480 g/mol. The van der Waals surface area contributed by atoms with Crippen LogP contribution in [0.15, 0.2) is 121 Å². The Labute approximate surface area is 540 Å². The maximum absolute atomic E-state index is 14.6. The highest BCUT2D eigenvalue weighted by atomic mass is 79.9. The number of esters is 1. The lowest BCUT2D eigenvalue weighted by Crippen LogP contribution is -2.33. The largest absolute Gasteiger partial charge is 0.461 e. The Morgan fingerprint density at radius 2 is 1.08 bits per heavy atom. The lowest BCUT2D eigenvalue weighted by molar-refractivity contribution is -0.146. The fraction of sp³-hybridized carbons (Fsp3) is 0.271. The summed E-state index contributed by atoms with van der Waals surface area (Å²) in [5, 5.41) is 7.32. The molecule has 0 spiro atoms. The van der Waals surface area contributed by atoms with Crippen molar-refractivity contribution in [2.24, 2.45) is 0 Å². The molecule has 478 valence electrons. The molecule has 5 N–H and O–H groups in total. The quantitative estimate of drug-likeness (QED) is 0.0135. The Hall–Kier alpha value is -7.47. The first-order valence-corrected chi connectivity index (χ1v) is 30.1. The number of cyclic esters (lactones) is 2.